The molecule has 9 nitrogen and oxygen atoms in total. The lowest BCUT2D eigenvalue weighted by Gasteiger charge is -2.27. The van der Waals surface area contributed by atoms with Gasteiger partial charge in [-0.05, 0) is 48.9 Å². The van der Waals surface area contributed by atoms with Crippen molar-refractivity contribution in [3.05, 3.63) is 72.3 Å². The van der Waals surface area contributed by atoms with E-state index in [2.05, 4.69) is 5.32 Å². The topological polar surface area (TPSA) is 103 Å². The Morgan fingerprint density at radius 1 is 0.944 bits per heavy atom. The maximum absolute atomic E-state index is 13.6. The highest BCUT2D eigenvalue weighted by Gasteiger charge is 2.29. The summed E-state index contributed by atoms with van der Waals surface area (Å²) in [7, 11) is -0.980. The number of carbonyl (C=O) groups excluding carboxylic acids is 1. The number of carbonyl (C=O) groups is 1. The summed E-state index contributed by atoms with van der Waals surface area (Å²) in [6, 6.07) is 17.7. The fourth-order valence-electron chi connectivity index (χ4n) is 3.84. The SMILES string of the molecule is COc1ccc([C@H](C)NC(=O)CN(c2ccc3c(c2)OCCO3)S(=O)(=O)c2ccccc2)cc1OC. The van der Waals surface area contributed by atoms with Crippen LogP contribution in [0.4, 0.5) is 5.69 Å². The van der Waals surface area contributed by atoms with Crippen molar-refractivity contribution in [3.8, 4) is 23.0 Å². The van der Waals surface area contributed by atoms with E-state index in [0.717, 1.165) is 9.87 Å². The molecule has 0 radical (unpaired) electrons. The van der Waals surface area contributed by atoms with Crippen molar-refractivity contribution >= 4 is 21.6 Å². The van der Waals surface area contributed by atoms with E-state index < -0.39 is 28.5 Å². The van der Waals surface area contributed by atoms with E-state index in [1.165, 1.54) is 19.2 Å². The number of nitrogens with zero attached hydrogens (tertiary/aromatic N) is 1. The summed E-state index contributed by atoms with van der Waals surface area (Å²) in [6.45, 7) is 2.13. The van der Waals surface area contributed by atoms with E-state index in [-0.39, 0.29) is 10.6 Å². The van der Waals surface area contributed by atoms with Gasteiger partial charge in [-0.3, -0.25) is 9.10 Å². The number of amides is 1. The largest absolute Gasteiger partial charge is 0.493 e. The molecule has 0 fully saturated rings. The van der Waals surface area contributed by atoms with Crippen LogP contribution in [0.15, 0.2) is 71.6 Å². The molecule has 1 N–H and O–H groups in total. The molecule has 0 unspecified atom stereocenters. The van der Waals surface area contributed by atoms with Crippen molar-refractivity contribution < 1.29 is 32.2 Å². The fourth-order valence-corrected chi connectivity index (χ4v) is 5.28. The Bertz CT molecular complexity index is 1330. The van der Waals surface area contributed by atoms with Crippen LogP contribution >= 0.6 is 0 Å². The van der Waals surface area contributed by atoms with Crippen molar-refractivity contribution in [2.75, 3.05) is 38.3 Å². The molecule has 3 aromatic rings. The maximum atomic E-state index is 13.6. The molecule has 4 rings (SSSR count). The van der Waals surface area contributed by atoms with E-state index in [1.54, 1.807) is 62.6 Å². The predicted octanol–water partition coefficient (Wildman–Crippen LogP) is 3.55. The number of anilines is 1. The molecule has 1 atom stereocenters. The Morgan fingerprint density at radius 3 is 2.33 bits per heavy atom. The molecule has 190 valence electrons. The molecule has 3 aromatic carbocycles. The second kappa shape index (κ2) is 10.8. The standard InChI is InChI=1S/C26H28N2O7S/c1-18(19-9-11-22(32-2)24(15-19)33-3)27-26(29)17-28(36(30,31)21-7-5-4-6-8-21)20-10-12-23-25(16-20)35-14-13-34-23/h4-12,15-16,18H,13-14,17H2,1-3H3,(H,27,29)/t18-/m0/s1. The highest BCUT2D eigenvalue weighted by molar-refractivity contribution is 7.92. The van der Waals surface area contributed by atoms with Crippen LogP contribution in [0.5, 0.6) is 23.0 Å². The van der Waals surface area contributed by atoms with E-state index in [4.69, 9.17) is 18.9 Å². The van der Waals surface area contributed by atoms with Crippen molar-refractivity contribution in [3.63, 3.8) is 0 Å². The number of sulfonamides is 1. The first-order valence-corrected chi connectivity index (χ1v) is 12.8. The van der Waals surface area contributed by atoms with Gasteiger partial charge >= 0.3 is 0 Å². The molecule has 0 saturated carbocycles. The summed E-state index contributed by atoms with van der Waals surface area (Å²) >= 11 is 0. The average Bonchev–Trinajstić information content (AvgIpc) is 2.91. The van der Waals surface area contributed by atoms with E-state index in [9.17, 15) is 13.2 Å². The highest BCUT2D eigenvalue weighted by Crippen LogP contribution is 2.36. The number of hydrogen-bond donors (Lipinski definition) is 1. The number of rotatable bonds is 9. The number of methoxy groups -OCH3 is 2. The van der Waals surface area contributed by atoms with Crippen LogP contribution < -0.4 is 28.6 Å². The number of benzene rings is 3. The fraction of sp³-hybridized carbons (Fsp3) is 0.269. The number of nitrogens with one attached hydrogen (secondary N) is 1. The second-order valence-electron chi connectivity index (χ2n) is 8.06. The van der Waals surface area contributed by atoms with Gasteiger partial charge in [-0.25, -0.2) is 8.42 Å². The molecule has 10 heteroatoms. The molecule has 0 bridgehead atoms. The summed E-state index contributed by atoms with van der Waals surface area (Å²) in [5, 5.41) is 2.87. The molecule has 1 amide bonds. The van der Waals surface area contributed by atoms with Crippen molar-refractivity contribution in [2.24, 2.45) is 0 Å². The van der Waals surface area contributed by atoms with Gasteiger partial charge in [0.25, 0.3) is 10.0 Å². The minimum Gasteiger partial charge on any atom is -0.493 e. The molecule has 0 aromatic heterocycles. The summed E-state index contributed by atoms with van der Waals surface area (Å²) in [5.41, 5.74) is 1.06. The van der Waals surface area contributed by atoms with Crippen molar-refractivity contribution in [1.29, 1.82) is 0 Å². The van der Waals surface area contributed by atoms with Gasteiger partial charge in [0.1, 0.15) is 19.8 Å². The molecule has 0 saturated heterocycles. The Kier molecular flexibility index (Phi) is 7.54. The third-order valence-electron chi connectivity index (χ3n) is 5.72. The molecule has 1 aliphatic heterocycles. The number of hydrogen-bond acceptors (Lipinski definition) is 7. The smallest absolute Gasteiger partial charge is 0.264 e. The Hall–Kier alpha value is -3.92. The molecular weight excluding hydrogens is 484 g/mol. The lowest BCUT2D eigenvalue weighted by Crippen LogP contribution is -2.41. The summed E-state index contributed by atoms with van der Waals surface area (Å²) in [4.78, 5) is 13.2. The van der Waals surface area contributed by atoms with Crippen LogP contribution in [-0.4, -0.2) is 48.3 Å². The van der Waals surface area contributed by atoms with Crippen LogP contribution in [0.25, 0.3) is 0 Å². The second-order valence-corrected chi connectivity index (χ2v) is 9.92. The maximum Gasteiger partial charge on any atom is 0.264 e. The van der Waals surface area contributed by atoms with Gasteiger partial charge in [0.05, 0.1) is 30.8 Å². The molecule has 0 spiro atoms. The Labute approximate surface area is 210 Å². The Balaban J connectivity index is 1.61. The van der Waals surface area contributed by atoms with E-state index in [0.29, 0.717) is 36.2 Å². The van der Waals surface area contributed by atoms with Gasteiger partial charge in [-0.2, -0.15) is 0 Å². The van der Waals surface area contributed by atoms with Gasteiger partial charge in [0, 0.05) is 6.07 Å². The molecule has 1 aliphatic rings. The van der Waals surface area contributed by atoms with Gasteiger partial charge in [0.15, 0.2) is 23.0 Å². The van der Waals surface area contributed by atoms with E-state index >= 15 is 0 Å². The first-order valence-electron chi connectivity index (χ1n) is 11.3. The molecule has 36 heavy (non-hydrogen) atoms. The first-order chi connectivity index (χ1) is 17.3. The summed E-state index contributed by atoms with van der Waals surface area (Å²) in [5.74, 6) is 1.56. The van der Waals surface area contributed by atoms with Crippen LogP contribution in [-0.2, 0) is 14.8 Å². The highest BCUT2D eigenvalue weighted by atomic mass is 32.2. The zero-order chi connectivity index (χ0) is 25.7. The quantitative estimate of drug-likeness (QED) is 0.468. The first kappa shape index (κ1) is 25.2. The zero-order valence-corrected chi connectivity index (χ0v) is 21.1. The monoisotopic (exact) mass is 512 g/mol. The van der Waals surface area contributed by atoms with Crippen LogP contribution in [0.1, 0.15) is 18.5 Å². The van der Waals surface area contributed by atoms with Crippen LogP contribution in [0.2, 0.25) is 0 Å². The number of fused-ring (bicyclic) bond motifs is 1. The van der Waals surface area contributed by atoms with Crippen LogP contribution in [0, 0.1) is 0 Å². The van der Waals surface area contributed by atoms with E-state index in [1.807, 2.05) is 6.07 Å². The third-order valence-corrected chi connectivity index (χ3v) is 7.51. The third kappa shape index (κ3) is 5.33. The van der Waals surface area contributed by atoms with Gasteiger partial charge < -0.3 is 24.3 Å². The lowest BCUT2D eigenvalue weighted by atomic mass is 10.1. The molecule has 0 aliphatic carbocycles. The summed E-state index contributed by atoms with van der Waals surface area (Å²) in [6.07, 6.45) is 0. The van der Waals surface area contributed by atoms with Gasteiger partial charge in [-0.15, -0.1) is 0 Å². The van der Waals surface area contributed by atoms with Gasteiger partial charge in [0.2, 0.25) is 5.91 Å². The lowest BCUT2D eigenvalue weighted by molar-refractivity contribution is -0.120. The zero-order valence-electron chi connectivity index (χ0n) is 20.3. The molecular formula is C26H28N2O7S. The minimum atomic E-state index is -4.06. The number of ether oxygens (including phenoxy) is 4. The van der Waals surface area contributed by atoms with Crippen LogP contribution in [0.3, 0.4) is 0 Å². The molecule has 1 heterocycles. The van der Waals surface area contributed by atoms with Crippen molar-refractivity contribution in [1.82, 2.24) is 5.32 Å². The predicted molar refractivity (Wildman–Crippen MR) is 135 cm³/mol. The minimum absolute atomic E-state index is 0.0700. The normalized spacial score (nSPS) is 13.4. The van der Waals surface area contributed by atoms with Gasteiger partial charge in [-0.1, -0.05) is 24.3 Å². The Morgan fingerprint density at radius 2 is 1.64 bits per heavy atom. The average molecular weight is 513 g/mol. The van der Waals surface area contributed by atoms with Crippen molar-refractivity contribution in [2.45, 2.75) is 17.9 Å². The summed E-state index contributed by atoms with van der Waals surface area (Å²) < 4.78 is 50.0.